The van der Waals surface area contributed by atoms with Crippen LogP contribution >= 0.6 is 43.2 Å². The van der Waals surface area contributed by atoms with Crippen LogP contribution in [-0.2, 0) is 0 Å². The highest BCUT2D eigenvalue weighted by Gasteiger charge is 2.18. The first-order valence-corrected chi connectivity index (χ1v) is 8.51. The smallest absolute Gasteiger partial charge is 0.195 e. The Morgan fingerprint density at radius 3 is 2.60 bits per heavy atom. The molecule has 0 aliphatic rings. The zero-order valence-electron chi connectivity index (χ0n) is 10.6. The Hall–Kier alpha value is -0.970. The molecule has 0 bridgehead atoms. The molecule has 20 heavy (non-hydrogen) atoms. The van der Waals surface area contributed by atoms with E-state index < -0.39 is 0 Å². The van der Waals surface area contributed by atoms with Crippen molar-refractivity contribution in [1.82, 2.24) is 0 Å². The van der Waals surface area contributed by atoms with E-state index in [0.29, 0.717) is 5.56 Å². The molecule has 1 nitrogen and oxygen atoms in total. The average molecular weight is 410 g/mol. The monoisotopic (exact) mass is 408 g/mol. The maximum Gasteiger partial charge on any atom is 0.195 e. The predicted octanol–water partition coefficient (Wildman–Crippen LogP) is 5.97. The van der Waals surface area contributed by atoms with Crippen LogP contribution < -0.4 is 0 Å². The zero-order chi connectivity index (χ0) is 14.3. The Bertz CT molecular complexity index is 820. The predicted molar refractivity (Wildman–Crippen MR) is 91.8 cm³/mol. The van der Waals surface area contributed by atoms with E-state index in [0.717, 1.165) is 30.2 Å². The number of aryl methyl sites for hydroxylation is 1. The van der Waals surface area contributed by atoms with Crippen LogP contribution in [0, 0.1) is 6.92 Å². The summed E-state index contributed by atoms with van der Waals surface area (Å²) in [6.45, 7) is 1.99. The molecule has 3 rings (SSSR count). The second-order valence-corrected chi connectivity index (χ2v) is 7.06. The summed E-state index contributed by atoms with van der Waals surface area (Å²) < 4.78 is 3.02. The fourth-order valence-corrected chi connectivity index (χ4v) is 4.21. The molecule has 1 heterocycles. The molecule has 2 aromatic carbocycles. The third kappa shape index (κ3) is 2.26. The molecule has 100 valence electrons. The standard InChI is InChI=1S/C16H10Br2OS/c1-9-4-2-6-11(14(9)18)15(19)12-8-20-16-10(12)5-3-7-13(16)17/h2-8H,1H3. The second-order valence-electron chi connectivity index (χ2n) is 4.53. The summed E-state index contributed by atoms with van der Waals surface area (Å²) in [6.07, 6.45) is 0. The third-order valence-electron chi connectivity index (χ3n) is 3.23. The average Bonchev–Trinajstić information content (AvgIpc) is 2.86. The van der Waals surface area contributed by atoms with Crippen LogP contribution in [0.4, 0.5) is 0 Å². The van der Waals surface area contributed by atoms with Gasteiger partial charge in [0.25, 0.3) is 0 Å². The van der Waals surface area contributed by atoms with Crippen LogP contribution in [0.25, 0.3) is 10.1 Å². The van der Waals surface area contributed by atoms with Crippen molar-refractivity contribution in [3.63, 3.8) is 0 Å². The number of ketones is 1. The molecule has 0 spiro atoms. The molecule has 0 atom stereocenters. The topological polar surface area (TPSA) is 17.1 Å². The molecule has 0 unspecified atom stereocenters. The summed E-state index contributed by atoms with van der Waals surface area (Å²) in [5, 5.41) is 2.94. The Labute approximate surface area is 137 Å². The fourth-order valence-electron chi connectivity index (χ4n) is 2.17. The van der Waals surface area contributed by atoms with Gasteiger partial charge < -0.3 is 0 Å². The number of hydrogen-bond donors (Lipinski definition) is 0. The number of thiophene rings is 1. The molecular formula is C16H10Br2OS. The SMILES string of the molecule is Cc1cccc(C(=O)c2csc3c(Br)cccc23)c1Br. The van der Waals surface area contributed by atoms with Gasteiger partial charge in [-0.1, -0.05) is 24.3 Å². The first-order valence-electron chi connectivity index (χ1n) is 6.05. The molecule has 0 radical (unpaired) electrons. The van der Waals surface area contributed by atoms with Gasteiger partial charge in [0, 0.05) is 35.5 Å². The van der Waals surface area contributed by atoms with Crippen LogP contribution in [0.2, 0.25) is 0 Å². The van der Waals surface area contributed by atoms with Crippen LogP contribution in [0.3, 0.4) is 0 Å². The summed E-state index contributed by atoms with van der Waals surface area (Å²) in [6, 6.07) is 11.7. The lowest BCUT2D eigenvalue weighted by Gasteiger charge is -2.05. The van der Waals surface area contributed by atoms with E-state index >= 15 is 0 Å². The van der Waals surface area contributed by atoms with Crippen molar-refractivity contribution in [2.75, 3.05) is 0 Å². The van der Waals surface area contributed by atoms with E-state index in [1.165, 1.54) is 0 Å². The minimum absolute atomic E-state index is 0.0601. The highest BCUT2D eigenvalue weighted by molar-refractivity contribution is 9.11. The van der Waals surface area contributed by atoms with E-state index in [2.05, 4.69) is 31.9 Å². The number of hydrogen-bond acceptors (Lipinski definition) is 2. The molecule has 4 heteroatoms. The molecule has 1 aromatic heterocycles. The normalized spacial score (nSPS) is 10.9. The van der Waals surface area contributed by atoms with E-state index in [1.807, 2.05) is 48.7 Å². The Morgan fingerprint density at radius 1 is 1.05 bits per heavy atom. The van der Waals surface area contributed by atoms with Crippen molar-refractivity contribution in [2.24, 2.45) is 0 Å². The van der Waals surface area contributed by atoms with Gasteiger partial charge in [0.15, 0.2) is 5.78 Å². The van der Waals surface area contributed by atoms with Gasteiger partial charge in [-0.3, -0.25) is 4.79 Å². The van der Waals surface area contributed by atoms with Crippen molar-refractivity contribution in [3.8, 4) is 0 Å². The van der Waals surface area contributed by atoms with E-state index in [4.69, 9.17) is 0 Å². The van der Waals surface area contributed by atoms with E-state index in [-0.39, 0.29) is 5.78 Å². The first-order chi connectivity index (χ1) is 9.59. The molecule has 0 N–H and O–H groups in total. The van der Waals surface area contributed by atoms with E-state index in [1.54, 1.807) is 11.3 Å². The quantitative estimate of drug-likeness (QED) is 0.476. The van der Waals surface area contributed by atoms with Gasteiger partial charge in [-0.25, -0.2) is 0 Å². The summed E-state index contributed by atoms with van der Waals surface area (Å²) in [5.74, 6) is 0.0601. The first kappa shape index (κ1) is 14.0. The van der Waals surface area contributed by atoms with Crippen molar-refractivity contribution in [1.29, 1.82) is 0 Å². The summed E-state index contributed by atoms with van der Waals surface area (Å²) in [5.41, 5.74) is 2.54. The molecule has 0 amide bonds. The molecule has 0 fully saturated rings. The van der Waals surface area contributed by atoms with Gasteiger partial charge in [-0.15, -0.1) is 11.3 Å². The molecule has 0 saturated heterocycles. The lowest BCUT2D eigenvalue weighted by Crippen LogP contribution is -2.02. The van der Waals surface area contributed by atoms with Gasteiger partial charge in [-0.05, 0) is 56.5 Å². The summed E-state index contributed by atoms with van der Waals surface area (Å²) >= 11 is 8.64. The number of fused-ring (bicyclic) bond motifs is 1. The number of carbonyl (C=O) groups excluding carboxylic acids is 1. The van der Waals surface area contributed by atoms with Gasteiger partial charge >= 0.3 is 0 Å². The van der Waals surface area contributed by atoms with Crippen molar-refractivity contribution < 1.29 is 4.79 Å². The fraction of sp³-hybridized carbons (Fsp3) is 0.0625. The van der Waals surface area contributed by atoms with Crippen molar-refractivity contribution in [2.45, 2.75) is 6.92 Å². The number of benzene rings is 2. The summed E-state index contributed by atoms with van der Waals surface area (Å²) in [7, 11) is 0. The Kier molecular flexibility index (Phi) is 3.80. The largest absolute Gasteiger partial charge is 0.289 e. The lowest BCUT2D eigenvalue weighted by molar-refractivity contribution is 0.104. The minimum Gasteiger partial charge on any atom is -0.289 e. The highest BCUT2D eigenvalue weighted by atomic mass is 79.9. The highest BCUT2D eigenvalue weighted by Crippen LogP contribution is 2.34. The van der Waals surface area contributed by atoms with Crippen LogP contribution in [0.15, 0.2) is 50.7 Å². The minimum atomic E-state index is 0.0601. The molecule has 0 aliphatic heterocycles. The maximum atomic E-state index is 12.8. The molecular weight excluding hydrogens is 400 g/mol. The van der Waals surface area contributed by atoms with Crippen molar-refractivity contribution in [3.05, 3.63) is 67.4 Å². The van der Waals surface area contributed by atoms with Gasteiger partial charge in [0.05, 0.1) is 0 Å². The Balaban J connectivity index is 2.18. The van der Waals surface area contributed by atoms with E-state index in [9.17, 15) is 4.79 Å². The lowest BCUT2D eigenvalue weighted by atomic mass is 10.0. The van der Waals surface area contributed by atoms with Crippen LogP contribution in [0.5, 0.6) is 0 Å². The number of carbonyl (C=O) groups is 1. The molecule has 0 saturated carbocycles. The third-order valence-corrected chi connectivity index (χ3v) is 6.24. The zero-order valence-corrected chi connectivity index (χ0v) is 14.6. The number of halogens is 2. The van der Waals surface area contributed by atoms with Crippen molar-refractivity contribution >= 4 is 59.1 Å². The number of rotatable bonds is 2. The van der Waals surface area contributed by atoms with Crippen LogP contribution in [0.1, 0.15) is 21.5 Å². The van der Waals surface area contributed by atoms with Gasteiger partial charge in [0.1, 0.15) is 0 Å². The van der Waals surface area contributed by atoms with Gasteiger partial charge in [0.2, 0.25) is 0 Å². The second kappa shape index (κ2) is 5.43. The summed E-state index contributed by atoms with van der Waals surface area (Å²) in [4.78, 5) is 12.8. The molecule has 0 aliphatic carbocycles. The Morgan fingerprint density at radius 2 is 1.80 bits per heavy atom. The maximum absolute atomic E-state index is 12.8. The van der Waals surface area contributed by atoms with Gasteiger partial charge in [-0.2, -0.15) is 0 Å². The van der Waals surface area contributed by atoms with Crippen LogP contribution in [-0.4, -0.2) is 5.78 Å². The molecule has 3 aromatic rings.